The lowest BCUT2D eigenvalue weighted by Crippen LogP contribution is -2.37. The van der Waals surface area contributed by atoms with Crippen LogP contribution in [0.1, 0.15) is 27.7 Å². The van der Waals surface area contributed by atoms with Gasteiger partial charge in [-0.15, -0.1) is 0 Å². The second-order valence-corrected chi connectivity index (χ2v) is 5.49. The average molecular weight is 173 g/mol. The molecule has 0 spiro atoms. The first-order valence-corrected chi connectivity index (χ1v) is 7.26. The topological polar surface area (TPSA) is 3.24 Å². The van der Waals surface area contributed by atoms with E-state index in [1.807, 2.05) is 0 Å². The molecule has 0 aliphatic rings. The Morgan fingerprint density at radius 1 is 1.09 bits per heavy atom. The van der Waals surface area contributed by atoms with Crippen LogP contribution in [0.2, 0.25) is 12.6 Å². The predicted octanol–water partition coefficient (Wildman–Crippen LogP) is 1.74. The Morgan fingerprint density at radius 2 is 1.55 bits per heavy atom. The van der Waals surface area contributed by atoms with Crippen molar-refractivity contribution in [1.82, 2.24) is 4.90 Å². The molecule has 0 rings (SSSR count). The summed E-state index contributed by atoms with van der Waals surface area (Å²) in [6, 6.07) is 2.90. The predicted molar refractivity (Wildman–Crippen MR) is 56.2 cm³/mol. The Hall–Kier alpha value is 0.177. The molecule has 2 heteroatoms. The Morgan fingerprint density at radius 3 is 1.82 bits per heavy atom. The molecule has 0 unspecified atom stereocenters. The molecule has 0 aliphatic carbocycles. The van der Waals surface area contributed by atoms with Gasteiger partial charge in [0, 0.05) is 21.6 Å². The fourth-order valence-corrected chi connectivity index (χ4v) is 2.13. The summed E-state index contributed by atoms with van der Waals surface area (Å²) >= 11 is 0. The Kier molecular flexibility index (Phi) is 5.87. The summed E-state index contributed by atoms with van der Waals surface area (Å²) in [5.41, 5.74) is 0. The van der Waals surface area contributed by atoms with Crippen LogP contribution in [0.4, 0.5) is 0 Å². The maximum absolute atomic E-state index is 2.58. The van der Waals surface area contributed by atoms with E-state index in [4.69, 9.17) is 0 Å². The fourth-order valence-electron chi connectivity index (χ4n) is 1.45. The maximum Gasteiger partial charge on any atom is 0.0182 e. The molecule has 1 nitrogen and oxygen atoms in total. The van der Waals surface area contributed by atoms with Gasteiger partial charge in [-0.3, -0.25) is 4.90 Å². The van der Waals surface area contributed by atoms with Gasteiger partial charge in [-0.25, -0.2) is 0 Å². The molecule has 0 aromatic rings. The van der Waals surface area contributed by atoms with Crippen molar-refractivity contribution in [3.8, 4) is 0 Å². The zero-order valence-corrected chi connectivity index (χ0v) is 10.1. The standard InChI is InChI=1S/C9H23NSi/c1-8(2)10(9(3)4)6-7-11-5/h8-9H,6-7,11H2,1-5H3. The van der Waals surface area contributed by atoms with Gasteiger partial charge in [0.25, 0.3) is 0 Å². The Labute approximate surface area is 74.0 Å². The van der Waals surface area contributed by atoms with Gasteiger partial charge in [-0.2, -0.15) is 0 Å². The third kappa shape index (κ3) is 4.59. The van der Waals surface area contributed by atoms with Crippen molar-refractivity contribution in [2.45, 2.75) is 52.4 Å². The van der Waals surface area contributed by atoms with Crippen LogP contribution in [0.5, 0.6) is 0 Å². The SMILES string of the molecule is C[SiH2]CCN(C(C)C)C(C)C. The molecule has 0 radical (unpaired) electrons. The molecule has 68 valence electrons. The smallest absolute Gasteiger partial charge is 0.0182 e. The van der Waals surface area contributed by atoms with E-state index in [1.165, 1.54) is 12.6 Å². The summed E-state index contributed by atoms with van der Waals surface area (Å²) in [6.45, 7) is 12.9. The van der Waals surface area contributed by atoms with Gasteiger partial charge in [-0.05, 0) is 34.2 Å². The van der Waals surface area contributed by atoms with Gasteiger partial charge in [-0.1, -0.05) is 12.6 Å². The molecule has 0 aliphatic heterocycles. The van der Waals surface area contributed by atoms with E-state index in [9.17, 15) is 0 Å². The highest BCUT2D eigenvalue weighted by atomic mass is 28.2. The molecule has 0 amide bonds. The van der Waals surface area contributed by atoms with Gasteiger partial charge in [0.2, 0.25) is 0 Å². The van der Waals surface area contributed by atoms with Crippen LogP contribution < -0.4 is 0 Å². The van der Waals surface area contributed by atoms with Crippen molar-refractivity contribution in [1.29, 1.82) is 0 Å². The molecule has 0 fully saturated rings. The van der Waals surface area contributed by atoms with Crippen LogP contribution in [-0.4, -0.2) is 33.0 Å². The molecule has 0 saturated heterocycles. The quantitative estimate of drug-likeness (QED) is 0.573. The van der Waals surface area contributed by atoms with E-state index in [-0.39, 0.29) is 9.52 Å². The molecule has 0 heterocycles. The third-order valence-electron chi connectivity index (χ3n) is 2.10. The minimum Gasteiger partial charge on any atom is -0.299 e. The third-order valence-corrected chi connectivity index (χ3v) is 3.12. The van der Waals surface area contributed by atoms with Crippen LogP contribution in [0.25, 0.3) is 0 Å². The molecule has 0 bridgehead atoms. The molecule has 0 saturated carbocycles. The molecular formula is C9H23NSi. The van der Waals surface area contributed by atoms with E-state index < -0.39 is 0 Å². The zero-order valence-electron chi connectivity index (χ0n) is 8.72. The molecule has 0 aromatic carbocycles. The highest BCUT2D eigenvalue weighted by molar-refractivity contribution is 6.33. The number of hydrogen-bond donors (Lipinski definition) is 0. The second kappa shape index (κ2) is 5.78. The van der Waals surface area contributed by atoms with Gasteiger partial charge in [0.15, 0.2) is 0 Å². The van der Waals surface area contributed by atoms with Crippen LogP contribution in [-0.2, 0) is 0 Å². The number of hydrogen-bond acceptors (Lipinski definition) is 1. The van der Waals surface area contributed by atoms with Crippen molar-refractivity contribution in [3.05, 3.63) is 0 Å². The van der Waals surface area contributed by atoms with Gasteiger partial charge < -0.3 is 0 Å². The van der Waals surface area contributed by atoms with Gasteiger partial charge >= 0.3 is 0 Å². The van der Waals surface area contributed by atoms with Gasteiger partial charge in [0.1, 0.15) is 0 Å². The van der Waals surface area contributed by atoms with Crippen molar-refractivity contribution < 1.29 is 0 Å². The lowest BCUT2D eigenvalue weighted by molar-refractivity contribution is 0.185. The summed E-state index contributed by atoms with van der Waals surface area (Å²) in [5, 5.41) is 0. The minimum absolute atomic E-state index is 0.266. The Bertz CT molecular complexity index is 83.6. The highest BCUT2D eigenvalue weighted by Gasteiger charge is 2.11. The zero-order chi connectivity index (χ0) is 8.85. The molecule has 0 N–H and O–H groups in total. The van der Waals surface area contributed by atoms with Gasteiger partial charge in [0.05, 0.1) is 0 Å². The normalized spacial score (nSPS) is 13.1. The van der Waals surface area contributed by atoms with Crippen molar-refractivity contribution in [2.75, 3.05) is 6.54 Å². The first-order valence-electron chi connectivity index (χ1n) is 4.85. The lowest BCUT2D eigenvalue weighted by Gasteiger charge is -2.30. The fraction of sp³-hybridized carbons (Fsp3) is 1.00. The first kappa shape index (κ1) is 11.2. The second-order valence-electron chi connectivity index (χ2n) is 3.78. The average Bonchev–Trinajstić information content (AvgIpc) is 1.87. The molecule has 11 heavy (non-hydrogen) atoms. The Balaban J connectivity index is 3.70. The summed E-state index contributed by atoms with van der Waals surface area (Å²) < 4.78 is 0. The van der Waals surface area contributed by atoms with Crippen LogP contribution in [0, 0.1) is 0 Å². The molecule has 0 aromatic heterocycles. The van der Waals surface area contributed by atoms with E-state index in [0.717, 1.165) is 12.1 Å². The van der Waals surface area contributed by atoms with Crippen molar-refractivity contribution >= 4 is 9.52 Å². The summed E-state index contributed by atoms with van der Waals surface area (Å²) in [4.78, 5) is 2.58. The molecular weight excluding hydrogens is 150 g/mol. The summed E-state index contributed by atoms with van der Waals surface area (Å²) in [5.74, 6) is 0. The highest BCUT2D eigenvalue weighted by Crippen LogP contribution is 2.05. The van der Waals surface area contributed by atoms with Crippen molar-refractivity contribution in [2.24, 2.45) is 0 Å². The lowest BCUT2D eigenvalue weighted by atomic mass is 10.2. The van der Waals surface area contributed by atoms with Crippen LogP contribution in [0.15, 0.2) is 0 Å². The maximum atomic E-state index is 2.58. The number of nitrogens with zero attached hydrogens (tertiary/aromatic N) is 1. The first-order chi connectivity index (χ1) is 5.09. The number of rotatable bonds is 5. The van der Waals surface area contributed by atoms with Crippen LogP contribution in [0.3, 0.4) is 0 Å². The van der Waals surface area contributed by atoms with E-state index >= 15 is 0 Å². The van der Waals surface area contributed by atoms with Crippen molar-refractivity contribution in [3.63, 3.8) is 0 Å². The van der Waals surface area contributed by atoms with E-state index in [0.29, 0.717) is 0 Å². The van der Waals surface area contributed by atoms with Crippen LogP contribution >= 0.6 is 0 Å². The van der Waals surface area contributed by atoms with E-state index in [1.54, 1.807) is 0 Å². The molecule has 0 atom stereocenters. The monoisotopic (exact) mass is 173 g/mol. The minimum atomic E-state index is 0.266. The van der Waals surface area contributed by atoms with E-state index in [2.05, 4.69) is 39.1 Å². The largest absolute Gasteiger partial charge is 0.299 e. The summed E-state index contributed by atoms with van der Waals surface area (Å²) in [6.07, 6.45) is 0. The summed E-state index contributed by atoms with van der Waals surface area (Å²) in [7, 11) is 0.266.